The molecule has 0 saturated carbocycles. The lowest BCUT2D eigenvalue weighted by Gasteiger charge is -2.34. The van der Waals surface area contributed by atoms with Crippen molar-refractivity contribution in [3.63, 3.8) is 0 Å². The van der Waals surface area contributed by atoms with Crippen LogP contribution >= 0.6 is 0 Å². The molecule has 1 aliphatic rings. The minimum atomic E-state index is -1.65. The SMILES string of the molecule is CCN(CC)c1ccc2c(c1)O/C(=C\c1ccc(N=O)c(COO)c1)N2NC(N)(N)C(N)N. The van der Waals surface area contributed by atoms with E-state index in [2.05, 4.69) is 34.2 Å². The summed E-state index contributed by atoms with van der Waals surface area (Å²) in [7, 11) is 0. The molecule has 0 atom stereocenters. The summed E-state index contributed by atoms with van der Waals surface area (Å²) in [5.41, 5.74) is 29.4. The summed E-state index contributed by atoms with van der Waals surface area (Å²) in [6, 6.07) is 10.6. The molecule has 0 bridgehead atoms. The molecular weight excluding hydrogens is 428 g/mol. The van der Waals surface area contributed by atoms with Gasteiger partial charge in [0, 0.05) is 36.5 Å². The van der Waals surface area contributed by atoms with E-state index in [4.69, 9.17) is 32.9 Å². The smallest absolute Gasteiger partial charge is 0.215 e. The van der Waals surface area contributed by atoms with Gasteiger partial charge in [-0.15, -0.1) is 4.91 Å². The van der Waals surface area contributed by atoms with Crippen LogP contribution in [0.25, 0.3) is 6.08 Å². The minimum Gasteiger partial charge on any atom is -0.437 e. The summed E-state index contributed by atoms with van der Waals surface area (Å²) in [5.74, 6) is -0.738. The topological polar surface area (TPSA) is 191 Å². The van der Waals surface area contributed by atoms with Crippen LogP contribution in [0.15, 0.2) is 47.5 Å². The van der Waals surface area contributed by atoms with Crippen LogP contribution in [0.1, 0.15) is 25.0 Å². The van der Waals surface area contributed by atoms with E-state index in [1.807, 2.05) is 18.2 Å². The van der Waals surface area contributed by atoms with Crippen LogP contribution in [0.5, 0.6) is 5.75 Å². The number of rotatable bonds is 10. The molecule has 1 heterocycles. The first-order chi connectivity index (χ1) is 15.7. The van der Waals surface area contributed by atoms with E-state index in [1.165, 1.54) is 6.07 Å². The molecule has 2 aromatic rings. The van der Waals surface area contributed by atoms with E-state index < -0.39 is 12.0 Å². The van der Waals surface area contributed by atoms with Gasteiger partial charge < -0.3 is 21.1 Å². The number of hydrogen-bond donors (Lipinski definition) is 6. The summed E-state index contributed by atoms with van der Waals surface area (Å²) in [5, 5.41) is 13.3. The van der Waals surface area contributed by atoms with Crippen molar-refractivity contribution in [1.29, 1.82) is 0 Å². The van der Waals surface area contributed by atoms with Crippen molar-refractivity contribution in [3.8, 4) is 5.75 Å². The number of nitrogens with zero attached hydrogens (tertiary/aromatic N) is 3. The molecule has 0 saturated heterocycles. The van der Waals surface area contributed by atoms with E-state index in [9.17, 15) is 4.91 Å². The summed E-state index contributed by atoms with van der Waals surface area (Å²) >= 11 is 0. The minimum absolute atomic E-state index is 0.151. The highest BCUT2D eigenvalue weighted by atomic mass is 17.1. The first-order valence-electron chi connectivity index (χ1n) is 10.4. The van der Waals surface area contributed by atoms with Crippen molar-refractivity contribution >= 4 is 23.1 Å². The lowest BCUT2D eigenvalue weighted by molar-refractivity contribution is -0.252. The highest BCUT2D eigenvalue weighted by molar-refractivity contribution is 5.74. The van der Waals surface area contributed by atoms with Crippen LogP contribution in [0, 0.1) is 4.91 Å². The summed E-state index contributed by atoms with van der Waals surface area (Å²) in [6.45, 7) is 5.61. The van der Waals surface area contributed by atoms with E-state index >= 15 is 0 Å². The van der Waals surface area contributed by atoms with E-state index in [0.29, 0.717) is 28.4 Å². The number of benzene rings is 2. The molecule has 178 valence electrons. The predicted octanol–water partition coefficient (Wildman–Crippen LogP) is 1.44. The molecule has 0 fully saturated rings. The third kappa shape index (κ3) is 5.29. The zero-order valence-electron chi connectivity index (χ0n) is 18.6. The summed E-state index contributed by atoms with van der Waals surface area (Å²) in [4.78, 5) is 17.4. The molecule has 0 unspecified atom stereocenters. The van der Waals surface area contributed by atoms with Crippen molar-refractivity contribution < 1.29 is 14.9 Å². The Labute approximate surface area is 191 Å². The zero-order valence-corrected chi connectivity index (χ0v) is 18.6. The Morgan fingerprint density at radius 2 is 1.97 bits per heavy atom. The number of hydrazine groups is 1. The van der Waals surface area contributed by atoms with Gasteiger partial charge in [-0.2, -0.15) is 5.43 Å². The van der Waals surface area contributed by atoms with Crippen molar-refractivity contribution in [3.05, 3.63) is 58.3 Å². The molecule has 1 aliphatic heterocycles. The Kier molecular flexibility index (Phi) is 7.61. The van der Waals surface area contributed by atoms with Gasteiger partial charge in [0.05, 0.1) is 0 Å². The van der Waals surface area contributed by atoms with Gasteiger partial charge in [-0.3, -0.25) is 16.7 Å². The Morgan fingerprint density at radius 3 is 2.58 bits per heavy atom. The van der Waals surface area contributed by atoms with Crippen LogP contribution in [0.4, 0.5) is 17.1 Å². The third-order valence-corrected chi connectivity index (χ3v) is 5.32. The number of fused-ring (bicyclic) bond motifs is 1. The number of nitrogens with one attached hydrogen (secondary N) is 1. The lowest BCUT2D eigenvalue weighted by Crippen LogP contribution is -2.76. The fourth-order valence-corrected chi connectivity index (χ4v) is 3.42. The number of hydrogen-bond acceptors (Lipinski definition) is 12. The fraction of sp³-hybridized carbons (Fsp3) is 0.333. The number of nitroso groups, excluding NO2 is 1. The predicted molar refractivity (Wildman–Crippen MR) is 127 cm³/mol. The molecule has 33 heavy (non-hydrogen) atoms. The standard InChI is InChI=1S/C21H30N8O4/c1-3-28(4-2)15-6-8-17-18(11-15)33-19(29(17)27-21(24,25)20(22)23)10-13-5-7-16(26-30)14(9-13)12-32-31/h5-11,20,27,31H,3-4,12,22-25H2,1-2H3/b19-10-. The molecule has 0 aliphatic carbocycles. The highest BCUT2D eigenvalue weighted by Crippen LogP contribution is 2.41. The maximum absolute atomic E-state index is 11.0. The van der Waals surface area contributed by atoms with Gasteiger partial charge in [0.2, 0.25) is 5.88 Å². The van der Waals surface area contributed by atoms with E-state index in [-0.39, 0.29) is 12.3 Å². The second-order valence-electron chi connectivity index (χ2n) is 7.57. The summed E-state index contributed by atoms with van der Waals surface area (Å²) in [6.07, 6.45) is 0.612. The second-order valence-corrected chi connectivity index (χ2v) is 7.57. The maximum atomic E-state index is 11.0. The molecule has 10 N–H and O–H groups in total. The van der Waals surface area contributed by atoms with Crippen LogP contribution < -0.4 is 43.0 Å². The average Bonchev–Trinajstić information content (AvgIpc) is 3.10. The van der Waals surface area contributed by atoms with Gasteiger partial charge in [0.1, 0.15) is 24.1 Å². The number of anilines is 2. The second kappa shape index (κ2) is 10.2. The van der Waals surface area contributed by atoms with E-state index in [1.54, 1.807) is 23.2 Å². The average molecular weight is 459 g/mol. The van der Waals surface area contributed by atoms with Crippen molar-refractivity contribution in [2.24, 2.45) is 28.1 Å². The molecule has 0 spiro atoms. The lowest BCUT2D eigenvalue weighted by atomic mass is 10.1. The van der Waals surface area contributed by atoms with Crippen molar-refractivity contribution in [2.75, 3.05) is 23.0 Å². The van der Waals surface area contributed by atoms with Gasteiger partial charge in [0.25, 0.3) is 0 Å². The molecule has 0 radical (unpaired) electrons. The Bertz CT molecular complexity index is 1020. The van der Waals surface area contributed by atoms with Gasteiger partial charge in [-0.25, -0.2) is 9.90 Å². The van der Waals surface area contributed by atoms with Crippen LogP contribution in [-0.2, 0) is 11.5 Å². The highest BCUT2D eigenvalue weighted by Gasteiger charge is 2.35. The quantitative estimate of drug-likeness (QED) is 0.131. The maximum Gasteiger partial charge on any atom is 0.215 e. The molecule has 12 nitrogen and oxygen atoms in total. The third-order valence-electron chi connectivity index (χ3n) is 5.32. The molecule has 0 aromatic heterocycles. The van der Waals surface area contributed by atoms with Gasteiger partial charge in [-0.05, 0) is 48.9 Å². The summed E-state index contributed by atoms with van der Waals surface area (Å²) < 4.78 is 6.12. The normalized spacial score (nSPS) is 14.5. The largest absolute Gasteiger partial charge is 0.437 e. The molecule has 12 heteroatoms. The van der Waals surface area contributed by atoms with Gasteiger partial charge in [-0.1, -0.05) is 6.07 Å². The van der Waals surface area contributed by atoms with Crippen LogP contribution in [-0.4, -0.2) is 30.3 Å². The molecule has 0 amide bonds. The Balaban J connectivity index is 2.04. The monoisotopic (exact) mass is 458 g/mol. The number of nitrogens with two attached hydrogens (primary N) is 4. The fourth-order valence-electron chi connectivity index (χ4n) is 3.42. The Morgan fingerprint density at radius 1 is 1.24 bits per heavy atom. The van der Waals surface area contributed by atoms with Gasteiger partial charge >= 0.3 is 0 Å². The molecule has 3 rings (SSSR count). The van der Waals surface area contributed by atoms with E-state index in [0.717, 1.165) is 18.8 Å². The van der Waals surface area contributed by atoms with Crippen LogP contribution in [0.3, 0.4) is 0 Å². The zero-order chi connectivity index (χ0) is 24.2. The van der Waals surface area contributed by atoms with Gasteiger partial charge in [0.15, 0.2) is 11.5 Å². The number of ether oxygens (including phenoxy) is 1. The van der Waals surface area contributed by atoms with Crippen molar-refractivity contribution in [1.82, 2.24) is 5.43 Å². The molecular formula is C21H30N8O4. The first-order valence-corrected chi connectivity index (χ1v) is 10.4. The first kappa shape index (κ1) is 24.5. The van der Waals surface area contributed by atoms with Crippen LogP contribution in [0.2, 0.25) is 0 Å². The van der Waals surface area contributed by atoms with Crippen molar-refractivity contribution in [2.45, 2.75) is 32.4 Å². The Hall–Kier alpha value is -3.10. The molecule has 2 aromatic carbocycles.